The van der Waals surface area contributed by atoms with Gasteiger partial charge in [-0.2, -0.15) is 0 Å². The van der Waals surface area contributed by atoms with E-state index < -0.39 is 10.0 Å². The number of para-hydroxylation sites is 1. The average molecular weight is 432 g/mol. The molecule has 1 atom stereocenters. The number of methoxy groups -OCH3 is 1. The minimum absolute atomic E-state index is 0.110. The van der Waals surface area contributed by atoms with Gasteiger partial charge in [-0.05, 0) is 43.2 Å². The molecule has 0 aliphatic carbocycles. The number of nitrogens with zero attached hydrogens (tertiary/aromatic N) is 2. The molecule has 3 aromatic rings. The van der Waals surface area contributed by atoms with Crippen LogP contribution >= 0.6 is 11.3 Å². The van der Waals surface area contributed by atoms with E-state index in [1.807, 2.05) is 24.3 Å². The number of fused-ring (bicyclic) bond motifs is 1. The predicted molar refractivity (Wildman–Crippen MR) is 112 cm³/mol. The molecule has 152 valence electrons. The van der Waals surface area contributed by atoms with E-state index in [1.165, 1.54) is 25.3 Å². The van der Waals surface area contributed by atoms with Crippen molar-refractivity contribution in [2.75, 3.05) is 20.2 Å². The SMILES string of the molecule is COc1ccc(S(N)(=O)=O)cc1C(=O)N1CCC[C@H](c2nc3ccccc3s2)C1. The van der Waals surface area contributed by atoms with Crippen LogP contribution in [0, 0.1) is 0 Å². The number of sulfonamides is 1. The Morgan fingerprint density at radius 2 is 2.07 bits per heavy atom. The Morgan fingerprint density at radius 1 is 1.28 bits per heavy atom. The molecule has 2 N–H and O–H groups in total. The van der Waals surface area contributed by atoms with Crippen molar-refractivity contribution >= 4 is 37.5 Å². The number of hydrogen-bond donors (Lipinski definition) is 1. The maximum absolute atomic E-state index is 13.2. The van der Waals surface area contributed by atoms with Crippen molar-refractivity contribution < 1.29 is 17.9 Å². The lowest BCUT2D eigenvalue weighted by molar-refractivity contribution is 0.0703. The topological polar surface area (TPSA) is 103 Å². The van der Waals surface area contributed by atoms with E-state index in [2.05, 4.69) is 0 Å². The number of aromatic nitrogens is 1. The number of primary sulfonamides is 1. The summed E-state index contributed by atoms with van der Waals surface area (Å²) in [6.45, 7) is 1.13. The quantitative estimate of drug-likeness (QED) is 0.684. The lowest BCUT2D eigenvalue weighted by Crippen LogP contribution is -2.39. The molecule has 4 rings (SSSR count). The maximum atomic E-state index is 13.2. The van der Waals surface area contributed by atoms with Gasteiger partial charge in [-0.15, -0.1) is 11.3 Å². The predicted octanol–water partition coefficient (Wildman–Crippen LogP) is 2.97. The number of carbonyl (C=O) groups excluding carboxylic acids is 1. The molecule has 1 amide bonds. The third-order valence-corrected chi connectivity index (χ3v) is 7.21. The number of hydrogen-bond acceptors (Lipinski definition) is 6. The first-order chi connectivity index (χ1) is 13.9. The number of rotatable bonds is 4. The highest BCUT2D eigenvalue weighted by molar-refractivity contribution is 7.89. The van der Waals surface area contributed by atoms with Crippen molar-refractivity contribution in [1.29, 1.82) is 0 Å². The van der Waals surface area contributed by atoms with Crippen LogP contribution in [-0.2, 0) is 10.0 Å². The minimum atomic E-state index is -3.92. The summed E-state index contributed by atoms with van der Waals surface area (Å²) in [4.78, 5) is 19.6. The van der Waals surface area contributed by atoms with Gasteiger partial charge in [0.2, 0.25) is 10.0 Å². The van der Waals surface area contributed by atoms with Crippen LogP contribution in [0.25, 0.3) is 10.2 Å². The van der Waals surface area contributed by atoms with Crippen LogP contribution in [0.2, 0.25) is 0 Å². The number of amides is 1. The van der Waals surface area contributed by atoms with Gasteiger partial charge in [-0.3, -0.25) is 4.79 Å². The molecule has 9 heteroatoms. The second kappa shape index (κ2) is 7.74. The highest BCUT2D eigenvalue weighted by atomic mass is 32.2. The Labute approximate surface area is 173 Å². The summed E-state index contributed by atoms with van der Waals surface area (Å²) in [6.07, 6.45) is 1.81. The molecule has 0 bridgehead atoms. The average Bonchev–Trinajstić information content (AvgIpc) is 3.16. The molecule has 2 aromatic carbocycles. The molecule has 7 nitrogen and oxygen atoms in total. The molecular formula is C20H21N3O4S2. The van der Waals surface area contributed by atoms with E-state index in [9.17, 15) is 13.2 Å². The summed E-state index contributed by atoms with van der Waals surface area (Å²) in [6, 6.07) is 12.1. The Hall–Kier alpha value is -2.49. The van der Waals surface area contributed by atoms with Crippen LogP contribution in [0.5, 0.6) is 5.75 Å². The Kier molecular flexibility index (Phi) is 5.28. The van der Waals surface area contributed by atoms with Crippen molar-refractivity contribution in [3.8, 4) is 5.75 Å². The van der Waals surface area contributed by atoms with E-state index in [0.717, 1.165) is 28.1 Å². The summed E-state index contributed by atoms with van der Waals surface area (Å²) >= 11 is 1.66. The van der Waals surface area contributed by atoms with E-state index in [4.69, 9.17) is 14.9 Å². The number of likely N-dealkylation sites (tertiary alicyclic amines) is 1. The second-order valence-corrected chi connectivity index (χ2v) is 9.64. The number of piperidine rings is 1. The normalized spacial score (nSPS) is 17.4. The second-order valence-electron chi connectivity index (χ2n) is 7.02. The molecule has 1 aliphatic rings. The van der Waals surface area contributed by atoms with E-state index in [-0.39, 0.29) is 22.3 Å². The number of thiazole rings is 1. The first kappa shape index (κ1) is 19.8. The summed E-state index contributed by atoms with van der Waals surface area (Å²) in [5.41, 5.74) is 1.17. The van der Waals surface area contributed by atoms with Gasteiger partial charge in [0.15, 0.2) is 0 Å². The summed E-state index contributed by atoms with van der Waals surface area (Å²) < 4.78 is 29.8. The number of benzene rings is 2. The molecule has 1 aliphatic heterocycles. The highest BCUT2D eigenvalue weighted by Crippen LogP contribution is 2.34. The molecule has 0 radical (unpaired) electrons. The summed E-state index contributed by atoms with van der Waals surface area (Å²) in [5.74, 6) is 0.209. The van der Waals surface area contributed by atoms with Crippen LogP contribution in [0.4, 0.5) is 0 Å². The minimum Gasteiger partial charge on any atom is -0.496 e. The molecular weight excluding hydrogens is 410 g/mol. The standard InChI is InChI=1S/C20H21N3O4S2/c1-27-17-9-8-14(29(21,25)26)11-15(17)20(24)23-10-4-5-13(12-23)19-22-16-6-2-3-7-18(16)28-19/h2-3,6-9,11,13H,4-5,10,12H2,1H3,(H2,21,25,26)/t13-/m0/s1. The van der Waals surface area contributed by atoms with Crippen LogP contribution < -0.4 is 9.88 Å². The van der Waals surface area contributed by atoms with Crippen LogP contribution in [0.15, 0.2) is 47.4 Å². The van der Waals surface area contributed by atoms with Gasteiger partial charge in [0.05, 0.1) is 32.8 Å². The van der Waals surface area contributed by atoms with Crippen molar-refractivity contribution in [2.45, 2.75) is 23.7 Å². The number of carbonyl (C=O) groups is 1. The largest absolute Gasteiger partial charge is 0.496 e. The zero-order valence-electron chi connectivity index (χ0n) is 15.9. The van der Waals surface area contributed by atoms with Crippen LogP contribution in [-0.4, -0.2) is 44.4 Å². The molecule has 1 aromatic heterocycles. The third-order valence-electron chi connectivity index (χ3n) is 5.10. The summed E-state index contributed by atoms with van der Waals surface area (Å²) in [5, 5.41) is 6.25. The molecule has 2 heterocycles. The van der Waals surface area contributed by atoms with Crippen molar-refractivity contribution in [3.63, 3.8) is 0 Å². The van der Waals surface area contributed by atoms with Gasteiger partial charge in [-0.25, -0.2) is 18.5 Å². The van der Waals surface area contributed by atoms with E-state index in [0.29, 0.717) is 18.8 Å². The number of nitrogens with two attached hydrogens (primary N) is 1. The molecule has 0 spiro atoms. The van der Waals surface area contributed by atoms with E-state index >= 15 is 0 Å². The molecule has 1 saturated heterocycles. The lowest BCUT2D eigenvalue weighted by Gasteiger charge is -2.32. The molecule has 1 fully saturated rings. The molecule has 0 saturated carbocycles. The van der Waals surface area contributed by atoms with Gasteiger partial charge in [0.1, 0.15) is 5.75 Å². The number of ether oxygens (including phenoxy) is 1. The zero-order chi connectivity index (χ0) is 20.6. The van der Waals surface area contributed by atoms with Crippen molar-refractivity contribution in [1.82, 2.24) is 9.88 Å². The Morgan fingerprint density at radius 3 is 2.79 bits per heavy atom. The Bertz CT molecular complexity index is 1140. The first-order valence-corrected chi connectivity index (χ1v) is 11.6. The van der Waals surface area contributed by atoms with Crippen molar-refractivity contribution in [3.05, 3.63) is 53.0 Å². The lowest BCUT2D eigenvalue weighted by atomic mass is 9.98. The summed E-state index contributed by atoms with van der Waals surface area (Å²) in [7, 11) is -2.47. The highest BCUT2D eigenvalue weighted by Gasteiger charge is 2.29. The van der Waals surface area contributed by atoms with Crippen LogP contribution in [0.3, 0.4) is 0 Å². The van der Waals surface area contributed by atoms with Crippen LogP contribution in [0.1, 0.15) is 34.1 Å². The van der Waals surface area contributed by atoms with Crippen molar-refractivity contribution in [2.24, 2.45) is 5.14 Å². The zero-order valence-corrected chi connectivity index (χ0v) is 17.5. The van der Waals surface area contributed by atoms with Gasteiger partial charge >= 0.3 is 0 Å². The third kappa shape index (κ3) is 3.98. The smallest absolute Gasteiger partial charge is 0.257 e. The first-order valence-electron chi connectivity index (χ1n) is 9.22. The molecule has 0 unspecified atom stereocenters. The van der Waals surface area contributed by atoms with Gasteiger partial charge in [0.25, 0.3) is 5.91 Å². The van der Waals surface area contributed by atoms with E-state index in [1.54, 1.807) is 16.2 Å². The Balaban J connectivity index is 1.62. The fourth-order valence-electron chi connectivity index (χ4n) is 3.63. The maximum Gasteiger partial charge on any atom is 0.257 e. The fourth-order valence-corrected chi connectivity index (χ4v) is 5.26. The monoisotopic (exact) mass is 431 g/mol. The van der Waals surface area contributed by atoms with Gasteiger partial charge < -0.3 is 9.64 Å². The van der Waals surface area contributed by atoms with Gasteiger partial charge in [-0.1, -0.05) is 12.1 Å². The fraction of sp³-hybridized carbons (Fsp3) is 0.300. The molecule has 29 heavy (non-hydrogen) atoms. The van der Waals surface area contributed by atoms with Gasteiger partial charge in [0, 0.05) is 19.0 Å².